The highest BCUT2D eigenvalue weighted by molar-refractivity contribution is 6.35. The quantitative estimate of drug-likeness (QED) is 0.622. The van der Waals surface area contributed by atoms with E-state index < -0.39 is 0 Å². The van der Waals surface area contributed by atoms with Gasteiger partial charge in [-0.25, -0.2) is 0 Å². The Bertz CT molecular complexity index is 810. The molecule has 0 aliphatic heterocycles. The van der Waals surface area contributed by atoms with Crippen LogP contribution in [0, 0.1) is 0 Å². The van der Waals surface area contributed by atoms with Crippen LogP contribution >= 0.6 is 23.2 Å². The Kier molecular flexibility index (Phi) is 8.30. The summed E-state index contributed by atoms with van der Waals surface area (Å²) in [6.45, 7) is 0.493. The third-order valence-electron chi connectivity index (χ3n) is 3.84. The van der Waals surface area contributed by atoms with E-state index in [1.54, 1.807) is 42.5 Å². The Morgan fingerprint density at radius 1 is 0.815 bits per heavy atom. The first-order valence-electron chi connectivity index (χ1n) is 8.51. The zero-order valence-corrected chi connectivity index (χ0v) is 16.1. The molecule has 0 atom stereocenters. The van der Waals surface area contributed by atoms with E-state index in [0.29, 0.717) is 15.6 Å². The summed E-state index contributed by atoms with van der Waals surface area (Å²) in [4.78, 5) is 35.6. The van der Waals surface area contributed by atoms with Gasteiger partial charge in [0.2, 0.25) is 11.8 Å². The van der Waals surface area contributed by atoms with Crippen molar-refractivity contribution in [3.63, 3.8) is 0 Å². The van der Waals surface area contributed by atoms with Crippen LogP contribution in [0.4, 0.5) is 0 Å². The maximum atomic E-state index is 11.9. The molecule has 0 aliphatic rings. The molecule has 2 amide bonds. The molecular weight excluding hydrogens is 387 g/mol. The van der Waals surface area contributed by atoms with Crippen molar-refractivity contribution in [3.8, 4) is 0 Å². The highest BCUT2D eigenvalue weighted by Gasteiger charge is 2.10. The zero-order valence-electron chi connectivity index (χ0n) is 14.6. The molecule has 2 aromatic rings. The highest BCUT2D eigenvalue weighted by atomic mass is 35.5. The van der Waals surface area contributed by atoms with E-state index >= 15 is 0 Å². The number of benzene rings is 2. The predicted molar refractivity (Wildman–Crippen MR) is 106 cm³/mol. The Morgan fingerprint density at radius 3 is 2.22 bits per heavy atom. The summed E-state index contributed by atoms with van der Waals surface area (Å²) in [7, 11) is 0. The lowest BCUT2D eigenvalue weighted by molar-refractivity contribution is -0.122. The Labute approximate surface area is 168 Å². The lowest BCUT2D eigenvalue weighted by Crippen LogP contribution is -2.30. The monoisotopic (exact) mass is 406 g/mol. The van der Waals surface area contributed by atoms with Crippen molar-refractivity contribution in [1.82, 2.24) is 10.6 Å². The summed E-state index contributed by atoms with van der Waals surface area (Å²) in [6, 6.07) is 13.9. The normalized spacial score (nSPS) is 10.3. The fourth-order valence-electron chi connectivity index (χ4n) is 2.35. The van der Waals surface area contributed by atoms with Gasteiger partial charge in [-0.3, -0.25) is 14.4 Å². The molecule has 0 radical (unpaired) electrons. The largest absolute Gasteiger partial charge is 0.356 e. The molecule has 2 aromatic carbocycles. The van der Waals surface area contributed by atoms with Gasteiger partial charge in [-0.05, 0) is 17.7 Å². The van der Waals surface area contributed by atoms with E-state index in [2.05, 4.69) is 10.6 Å². The van der Waals surface area contributed by atoms with Crippen molar-refractivity contribution in [3.05, 3.63) is 69.7 Å². The van der Waals surface area contributed by atoms with E-state index in [4.69, 9.17) is 23.2 Å². The first-order valence-corrected chi connectivity index (χ1v) is 9.27. The lowest BCUT2D eigenvalue weighted by Gasteiger charge is -2.08. The molecular formula is C20H20Cl2N2O3. The second-order valence-electron chi connectivity index (χ2n) is 5.90. The average Bonchev–Trinajstić information content (AvgIpc) is 2.66. The van der Waals surface area contributed by atoms with E-state index in [9.17, 15) is 14.4 Å². The van der Waals surface area contributed by atoms with Crippen LogP contribution in [0.25, 0.3) is 0 Å². The van der Waals surface area contributed by atoms with Gasteiger partial charge in [-0.2, -0.15) is 0 Å². The van der Waals surface area contributed by atoms with Crippen LogP contribution in [0.15, 0.2) is 48.5 Å². The standard InChI is InChI=1S/C20H20Cl2N2O3/c21-16-7-6-15(17(22)12-16)13-24-20(27)10-11-23-19(26)9-8-18(25)14-4-2-1-3-5-14/h1-7,12H,8-11,13H2,(H,23,26)(H,24,27). The number of hydrogen-bond donors (Lipinski definition) is 2. The minimum absolute atomic E-state index is 0.0802. The molecule has 0 fully saturated rings. The van der Waals surface area contributed by atoms with E-state index in [-0.39, 0.29) is 49.9 Å². The maximum Gasteiger partial charge on any atom is 0.222 e. The van der Waals surface area contributed by atoms with Crippen LogP contribution in [-0.2, 0) is 16.1 Å². The van der Waals surface area contributed by atoms with Crippen LogP contribution < -0.4 is 10.6 Å². The average molecular weight is 407 g/mol. The molecule has 142 valence electrons. The van der Waals surface area contributed by atoms with Crippen molar-refractivity contribution in [1.29, 1.82) is 0 Å². The first-order chi connectivity index (χ1) is 13.0. The van der Waals surface area contributed by atoms with Crippen molar-refractivity contribution in [2.75, 3.05) is 6.54 Å². The minimum Gasteiger partial charge on any atom is -0.356 e. The van der Waals surface area contributed by atoms with Gasteiger partial charge in [0, 0.05) is 48.0 Å². The molecule has 0 aliphatic carbocycles. The number of carbonyl (C=O) groups excluding carboxylic acids is 3. The summed E-state index contributed by atoms with van der Waals surface area (Å²) in [6.07, 6.45) is 0.371. The highest BCUT2D eigenvalue weighted by Crippen LogP contribution is 2.20. The topological polar surface area (TPSA) is 75.3 Å². The molecule has 0 aromatic heterocycles. The van der Waals surface area contributed by atoms with Gasteiger partial charge in [0.05, 0.1) is 0 Å². The number of hydrogen-bond acceptors (Lipinski definition) is 3. The van der Waals surface area contributed by atoms with E-state index in [0.717, 1.165) is 5.56 Å². The van der Waals surface area contributed by atoms with Crippen LogP contribution in [0.3, 0.4) is 0 Å². The number of Topliss-reactive ketones (excluding diaryl/α,β-unsaturated/α-hetero) is 1. The molecule has 0 unspecified atom stereocenters. The Hall–Kier alpha value is -2.37. The Morgan fingerprint density at radius 2 is 1.52 bits per heavy atom. The van der Waals surface area contributed by atoms with Crippen LogP contribution in [-0.4, -0.2) is 24.1 Å². The van der Waals surface area contributed by atoms with E-state index in [1.165, 1.54) is 0 Å². The van der Waals surface area contributed by atoms with Crippen molar-refractivity contribution >= 4 is 40.8 Å². The molecule has 2 N–H and O–H groups in total. The summed E-state index contributed by atoms with van der Waals surface area (Å²) in [5.41, 5.74) is 1.35. The molecule has 0 spiro atoms. The predicted octanol–water partition coefficient (Wildman–Crippen LogP) is 3.78. The third kappa shape index (κ3) is 7.41. The number of carbonyl (C=O) groups is 3. The summed E-state index contributed by atoms with van der Waals surface area (Å²) in [5, 5.41) is 6.39. The molecule has 27 heavy (non-hydrogen) atoms. The van der Waals surface area contributed by atoms with Crippen LogP contribution in [0.5, 0.6) is 0 Å². The van der Waals surface area contributed by atoms with Crippen molar-refractivity contribution < 1.29 is 14.4 Å². The van der Waals surface area contributed by atoms with E-state index in [1.807, 2.05) is 6.07 Å². The number of ketones is 1. The second-order valence-corrected chi connectivity index (χ2v) is 6.75. The van der Waals surface area contributed by atoms with Crippen molar-refractivity contribution in [2.24, 2.45) is 0 Å². The molecule has 2 rings (SSSR count). The van der Waals surface area contributed by atoms with Gasteiger partial charge in [0.1, 0.15) is 0 Å². The number of halogens is 2. The first kappa shape index (κ1) is 20.9. The fourth-order valence-corrected chi connectivity index (χ4v) is 2.82. The van der Waals surface area contributed by atoms with Gasteiger partial charge in [-0.15, -0.1) is 0 Å². The number of nitrogens with one attached hydrogen (secondary N) is 2. The fraction of sp³-hybridized carbons (Fsp3) is 0.250. The smallest absolute Gasteiger partial charge is 0.222 e. The van der Waals surface area contributed by atoms with Crippen molar-refractivity contribution in [2.45, 2.75) is 25.8 Å². The minimum atomic E-state index is -0.257. The van der Waals surface area contributed by atoms with Gasteiger partial charge in [0.25, 0.3) is 0 Å². The molecule has 0 saturated carbocycles. The van der Waals surface area contributed by atoms with Gasteiger partial charge in [0.15, 0.2) is 5.78 Å². The third-order valence-corrected chi connectivity index (χ3v) is 4.43. The van der Waals surface area contributed by atoms with Gasteiger partial charge in [-0.1, -0.05) is 59.6 Å². The molecule has 0 heterocycles. The molecule has 0 bridgehead atoms. The molecule has 7 heteroatoms. The van der Waals surface area contributed by atoms with Gasteiger partial charge >= 0.3 is 0 Å². The second kappa shape index (κ2) is 10.7. The van der Waals surface area contributed by atoms with Crippen LogP contribution in [0.1, 0.15) is 35.2 Å². The zero-order chi connectivity index (χ0) is 19.6. The summed E-state index contributed by atoms with van der Waals surface area (Å²) < 4.78 is 0. The van der Waals surface area contributed by atoms with Crippen LogP contribution in [0.2, 0.25) is 10.0 Å². The van der Waals surface area contributed by atoms with Gasteiger partial charge < -0.3 is 10.6 Å². The number of rotatable bonds is 9. The lowest BCUT2D eigenvalue weighted by atomic mass is 10.1. The maximum absolute atomic E-state index is 11.9. The molecule has 5 nitrogen and oxygen atoms in total. The summed E-state index contributed by atoms with van der Waals surface area (Å²) in [5.74, 6) is -0.544. The summed E-state index contributed by atoms with van der Waals surface area (Å²) >= 11 is 11.9. The number of amides is 2. The SMILES string of the molecule is O=C(CCC(=O)c1ccccc1)NCCC(=O)NCc1ccc(Cl)cc1Cl. The molecule has 0 saturated heterocycles. The Balaban J connectivity index is 1.63.